The largest absolute Gasteiger partial charge is 0.465 e. The van der Waals surface area contributed by atoms with Crippen molar-refractivity contribution in [3.8, 4) is 0 Å². The lowest BCUT2D eigenvalue weighted by Gasteiger charge is -2.15. The maximum absolute atomic E-state index is 12.2. The Morgan fingerprint density at radius 3 is 2.62 bits per heavy atom. The molecule has 1 amide bonds. The Labute approximate surface area is 146 Å². The SMILES string of the molecule is COC(=O)c1cc(CN(C)C(=O)CCSc2ccccc2)oc1C. The lowest BCUT2D eigenvalue weighted by molar-refractivity contribution is -0.130. The van der Waals surface area contributed by atoms with Gasteiger partial charge in [-0.15, -0.1) is 11.8 Å². The first-order valence-electron chi connectivity index (χ1n) is 7.60. The van der Waals surface area contributed by atoms with Gasteiger partial charge in [-0.05, 0) is 25.1 Å². The van der Waals surface area contributed by atoms with Gasteiger partial charge in [0.15, 0.2) is 0 Å². The van der Waals surface area contributed by atoms with Crippen molar-refractivity contribution >= 4 is 23.6 Å². The first-order valence-corrected chi connectivity index (χ1v) is 8.59. The van der Waals surface area contributed by atoms with Crippen LogP contribution in [0.3, 0.4) is 0 Å². The van der Waals surface area contributed by atoms with Crippen molar-refractivity contribution in [2.75, 3.05) is 19.9 Å². The van der Waals surface area contributed by atoms with Crippen molar-refractivity contribution in [1.82, 2.24) is 4.90 Å². The maximum atomic E-state index is 12.2. The highest BCUT2D eigenvalue weighted by molar-refractivity contribution is 7.99. The van der Waals surface area contributed by atoms with Crippen molar-refractivity contribution in [3.05, 3.63) is 53.5 Å². The van der Waals surface area contributed by atoms with Crippen molar-refractivity contribution in [2.45, 2.75) is 24.8 Å². The van der Waals surface area contributed by atoms with Gasteiger partial charge < -0.3 is 14.1 Å². The van der Waals surface area contributed by atoms with Gasteiger partial charge in [-0.25, -0.2) is 4.79 Å². The predicted octanol–water partition coefficient (Wildman–Crippen LogP) is 3.52. The second-order valence-electron chi connectivity index (χ2n) is 5.34. The van der Waals surface area contributed by atoms with E-state index >= 15 is 0 Å². The van der Waals surface area contributed by atoms with Gasteiger partial charge in [-0.3, -0.25) is 4.79 Å². The molecule has 5 nitrogen and oxygen atoms in total. The number of ether oxygens (including phenoxy) is 1. The molecule has 0 bridgehead atoms. The molecule has 0 atom stereocenters. The number of amides is 1. The number of carbonyl (C=O) groups is 2. The number of rotatable bonds is 7. The quantitative estimate of drug-likeness (QED) is 0.566. The number of carbonyl (C=O) groups excluding carboxylic acids is 2. The zero-order chi connectivity index (χ0) is 17.5. The molecule has 0 saturated heterocycles. The Kier molecular flexibility index (Phi) is 6.49. The van der Waals surface area contributed by atoms with Crippen LogP contribution in [0.25, 0.3) is 0 Å². The van der Waals surface area contributed by atoms with Gasteiger partial charge in [-0.2, -0.15) is 0 Å². The van der Waals surface area contributed by atoms with Gasteiger partial charge in [0, 0.05) is 24.1 Å². The van der Waals surface area contributed by atoms with Crippen LogP contribution in [-0.4, -0.2) is 36.7 Å². The van der Waals surface area contributed by atoms with Crippen LogP contribution in [0.15, 0.2) is 45.7 Å². The minimum absolute atomic E-state index is 0.0344. The minimum atomic E-state index is -0.434. The molecule has 2 aromatic rings. The molecule has 128 valence electrons. The monoisotopic (exact) mass is 347 g/mol. The standard InChI is InChI=1S/C18H21NO4S/c1-13-16(18(21)22-3)11-14(23-13)12-19(2)17(20)9-10-24-15-7-5-4-6-8-15/h4-8,11H,9-10,12H2,1-3H3. The third-order valence-electron chi connectivity index (χ3n) is 3.52. The third kappa shape index (κ3) is 4.89. The van der Waals surface area contributed by atoms with Gasteiger partial charge in [0.1, 0.15) is 17.1 Å². The molecule has 24 heavy (non-hydrogen) atoms. The van der Waals surface area contributed by atoms with Gasteiger partial charge in [0.05, 0.1) is 13.7 Å². The average Bonchev–Trinajstić information content (AvgIpc) is 2.95. The van der Waals surface area contributed by atoms with E-state index < -0.39 is 5.97 Å². The van der Waals surface area contributed by atoms with E-state index in [9.17, 15) is 9.59 Å². The summed E-state index contributed by atoms with van der Waals surface area (Å²) in [5.74, 6) is 1.39. The molecule has 0 N–H and O–H groups in total. The average molecular weight is 347 g/mol. The zero-order valence-electron chi connectivity index (χ0n) is 14.1. The summed E-state index contributed by atoms with van der Waals surface area (Å²) in [5, 5.41) is 0. The number of furan rings is 1. The maximum Gasteiger partial charge on any atom is 0.341 e. The molecule has 0 aliphatic heterocycles. The predicted molar refractivity (Wildman–Crippen MR) is 93.0 cm³/mol. The number of nitrogens with zero attached hydrogens (tertiary/aromatic N) is 1. The third-order valence-corrected chi connectivity index (χ3v) is 4.53. The van der Waals surface area contributed by atoms with Crippen LogP contribution in [0.2, 0.25) is 0 Å². The lowest BCUT2D eigenvalue weighted by atomic mass is 10.2. The first-order chi connectivity index (χ1) is 11.5. The summed E-state index contributed by atoms with van der Waals surface area (Å²) in [4.78, 5) is 26.5. The van der Waals surface area contributed by atoms with Gasteiger partial charge in [-0.1, -0.05) is 18.2 Å². The molecule has 1 aromatic carbocycles. The number of aryl methyl sites for hydroxylation is 1. The number of methoxy groups -OCH3 is 1. The highest BCUT2D eigenvalue weighted by Crippen LogP contribution is 2.19. The Morgan fingerprint density at radius 2 is 1.96 bits per heavy atom. The van der Waals surface area contributed by atoms with Gasteiger partial charge >= 0.3 is 5.97 Å². The highest BCUT2D eigenvalue weighted by atomic mass is 32.2. The van der Waals surface area contributed by atoms with Crippen molar-refractivity contribution in [2.24, 2.45) is 0 Å². The van der Waals surface area contributed by atoms with Crippen molar-refractivity contribution in [3.63, 3.8) is 0 Å². The molecule has 0 spiro atoms. The molecule has 0 aliphatic carbocycles. The van der Waals surface area contributed by atoms with Crippen LogP contribution >= 0.6 is 11.8 Å². The summed E-state index contributed by atoms with van der Waals surface area (Å²) in [6, 6.07) is 11.6. The van der Waals surface area contributed by atoms with Crippen LogP contribution in [0.4, 0.5) is 0 Å². The van der Waals surface area contributed by atoms with E-state index in [1.165, 1.54) is 7.11 Å². The highest BCUT2D eigenvalue weighted by Gasteiger charge is 2.17. The Morgan fingerprint density at radius 1 is 1.25 bits per heavy atom. The summed E-state index contributed by atoms with van der Waals surface area (Å²) in [6.07, 6.45) is 0.444. The fourth-order valence-corrected chi connectivity index (χ4v) is 3.08. The van der Waals surface area contributed by atoms with Crippen LogP contribution in [0.5, 0.6) is 0 Å². The molecule has 2 rings (SSSR count). The fourth-order valence-electron chi connectivity index (χ4n) is 2.22. The van der Waals surface area contributed by atoms with Crippen LogP contribution in [0, 0.1) is 6.92 Å². The smallest absolute Gasteiger partial charge is 0.341 e. The normalized spacial score (nSPS) is 10.5. The first kappa shape index (κ1) is 18.1. The second-order valence-corrected chi connectivity index (χ2v) is 6.50. The molecule has 6 heteroatoms. The zero-order valence-corrected chi connectivity index (χ0v) is 14.9. The molecule has 0 saturated carbocycles. The summed E-state index contributed by atoms with van der Waals surface area (Å²) in [5.41, 5.74) is 0.396. The van der Waals surface area contributed by atoms with E-state index in [0.29, 0.717) is 30.0 Å². The summed E-state index contributed by atoms with van der Waals surface area (Å²) >= 11 is 1.65. The van der Waals surface area contributed by atoms with Crippen molar-refractivity contribution < 1.29 is 18.7 Å². The molecule has 0 radical (unpaired) electrons. The number of hydrogen-bond donors (Lipinski definition) is 0. The molecular formula is C18H21NO4S. The number of thioether (sulfide) groups is 1. The molecule has 1 heterocycles. The second kappa shape index (κ2) is 8.59. The molecule has 0 fully saturated rings. The Bertz CT molecular complexity index is 696. The minimum Gasteiger partial charge on any atom is -0.465 e. The van der Waals surface area contributed by atoms with E-state index in [1.807, 2.05) is 30.3 Å². The molecule has 0 aliphatic rings. The van der Waals surface area contributed by atoms with Gasteiger partial charge in [0.2, 0.25) is 5.91 Å². The van der Waals surface area contributed by atoms with E-state index in [2.05, 4.69) is 0 Å². The number of benzene rings is 1. The van der Waals surface area contributed by atoms with E-state index in [1.54, 1.807) is 36.7 Å². The van der Waals surface area contributed by atoms with Crippen LogP contribution in [0.1, 0.15) is 28.3 Å². The van der Waals surface area contributed by atoms with Gasteiger partial charge in [0.25, 0.3) is 0 Å². The summed E-state index contributed by atoms with van der Waals surface area (Å²) in [6.45, 7) is 2.03. The Balaban J connectivity index is 1.84. The van der Waals surface area contributed by atoms with Crippen LogP contribution in [-0.2, 0) is 16.1 Å². The number of hydrogen-bond acceptors (Lipinski definition) is 5. The number of esters is 1. The van der Waals surface area contributed by atoms with Crippen LogP contribution < -0.4 is 0 Å². The molecule has 0 unspecified atom stereocenters. The summed E-state index contributed by atoms with van der Waals surface area (Å²) < 4.78 is 10.2. The molecule has 1 aromatic heterocycles. The Hall–Kier alpha value is -2.21. The van der Waals surface area contributed by atoms with E-state index in [-0.39, 0.29) is 5.91 Å². The molecular weight excluding hydrogens is 326 g/mol. The lowest BCUT2D eigenvalue weighted by Crippen LogP contribution is -2.26. The fraction of sp³-hybridized carbons (Fsp3) is 0.333. The van der Waals surface area contributed by atoms with E-state index in [4.69, 9.17) is 9.15 Å². The summed E-state index contributed by atoms with van der Waals surface area (Å²) in [7, 11) is 3.06. The van der Waals surface area contributed by atoms with Crippen molar-refractivity contribution in [1.29, 1.82) is 0 Å². The van der Waals surface area contributed by atoms with E-state index in [0.717, 1.165) is 10.6 Å². The topological polar surface area (TPSA) is 59.8 Å².